The highest BCUT2D eigenvalue weighted by Gasteiger charge is 2.14. The third-order valence-corrected chi connectivity index (χ3v) is 4.04. The monoisotopic (exact) mass is 407 g/mol. The van der Waals surface area contributed by atoms with E-state index in [1.807, 2.05) is 30.3 Å². The number of carbonyl (C=O) groups excluding carboxylic acids is 3. The Morgan fingerprint density at radius 3 is 2.37 bits per heavy atom. The summed E-state index contributed by atoms with van der Waals surface area (Å²) in [5, 5.41) is 7.46. The first-order valence-corrected chi connectivity index (χ1v) is 9.26. The minimum atomic E-state index is -0.672. The van der Waals surface area contributed by atoms with Crippen LogP contribution in [-0.2, 0) is 17.9 Å². The van der Waals surface area contributed by atoms with Crippen molar-refractivity contribution < 1.29 is 23.5 Å². The van der Waals surface area contributed by atoms with E-state index in [9.17, 15) is 14.4 Å². The van der Waals surface area contributed by atoms with Gasteiger partial charge in [0.05, 0.1) is 18.4 Å². The number of benzene rings is 2. The molecule has 30 heavy (non-hydrogen) atoms. The number of para-hydroxylation sites is 1. The van der Waals surface area contributed by atoms with Gasteiger partial charge < -0.3 is 19.8 Å². The lowest BCUT2D eigenvalue weighted by Crippen LogP contribution is -2.41. The molecule has 0 aliphatic heterocycles. The van der Waals surface area contributed by atoms with Crippen molar-refractivity contribution in [3.05, 3.63) is 89.9 Å². The van der Waals surface area contributed by atoms with Gasteiger partial charge in [-0.05, 0) is 29.8 Å². The number of furan rings is 1. The van der Waals surface area contributed by atoms with Gasteiger partial charge in [0.1, 0.15) is 11.5 Å². The first-order chi connectivity index (χ1) is 14.6. The molecular weight excluding hydrogens is 386 g/mol. The Morgan fingerprint density at radius 1 is 0.833 bits per heavy atom. The molecule has 0 spiro atoms. The summed E-state index contributed by atoms with van der Waals surface area (Å²) in [6.45, 7) is 0.0961. The van der Waals surface area contributed by atoms with Crippen molar-refractivity contribution >= 4 is 17.8 Å². The molecule has 0 atom stereocenters. The first-order valence-electron chi connectivity index (χ1n) is 9.26. The molecule has 154 valence electrons. The highest BCUT2D eigenvalue weighted by atomic mass is 16.5. The summed E-state index contributed by atoms with van der Waals surface area (Å²) in [5.74, 6) is -0.170. The van der Waals surface area contributed by atoms with Crippen molar-refractivity contribution in [1.82, 2.24) is 16.0 Å². The average Bonchev–Trinajstić information content (AvgIpc) is 3.29. The number of nitrogens with one attached hydrogen (secondary N) is 3. The fraction of sp³-hybridized carbons (Fsp3) is 0.136. The van der Waals surface area contributed by atoms with E-state index in [1.165, 1.54) is 6.26 Å². The van der Waals surface area contributed by atoms with E-state index < -0.39 is 18.5 Å². The molecule has 1 heterocycles. The fourth-order valence-corrected chi connectivity index (χ4v) is 2.58. The Kier molecular flexibility index (Phi) is 7.21. The molecule has 0 saturated heterocycles. The van der Waals surface area contributed by atoms with Crippen LogP contribution in [0.2, 0.25) is 0 Å². The molecule has 0 aliphatic carbocycles. The van der Waals surface area contributed by atoms with Gasteiger partial charge in [-0.2, -0.15) is 0 Å². The molecular formula is C22H21N3O5. The van der Waals surface area contributed by atoms with E-state index in [4.69, 9.17) is 9.15 Å². The number of carbonyl (C=O) groups is 3. The topological polar surface area (TPSA) is 110 Å². The largest absolute Gasteiger partial charge is 0.483 e. The highest BCUT2D eigenvalue weighted by Crippen LogP contribution is 2.18. The van der Waals surface area contributed by atoms with Gasteiger partial charge in [-0.1, -0.05) is 42.5 Å². The zero-order valence-corrected chi connectivity index (χ0v) is 16.1. The molecule has 0 fully saturated rings. The molecule has 8 nitrogen and oxygen atoms in total. The van der Waals surface area contributed by atoms with Crippen LogP contribution in [0.3, 0.4) is 0 Å². The second kappa shape index (κ2) is 10.5. The standard InChI is InChI=1S/C22H21N3O5/c26-20(25-22(28)24-14-17-9-6-12-29-17)15-30-19-11-5-4-10-18(19)21(27)23-13-16-7-2-1-3-8-16/h1-12H,13-15H2,(H,23,27)(H2,24,25,26,28). The summed E-state index contributed by atoms with van der Waals surface area (Å²) >= 11 is 0. The maximum absolute atomic E-state index is 12.5. The lowest BCUT2D eigenvalue weighted by molar-refractivity contribution is -0.122. The van der Waals surface area contributed by atoms with E-state index >= 15 is 0 Å². The van der Waals surface area contributed by atoms with Gasteiger partial charge in [0.15, 0.2) is 6.61 Å². The summed E-state index contributed by atoms with van der Waals surface area (Å²) in [6, 6.07) is 18.8. The third kappa shape index (κ3) is 6.23. The summed E-state index contributed by atoms with van der Waals surface area (Å²) < 4.78 is 10.5. The van der Waals surface area contributed by atoms with Crippen molar-refractivity contribution in [2.75, 3.05) is 6.61 Å². The Morgan fingerprint density at radius 2 is 1.60 bits per heavy atom. The van der Waals surface area contributed by atoms with Gasteiger partial charge in [-0.25, -0.2) is 4.79 Å². The fourth-order valence-electron chi connectivity index (χ4n) is 2.58. The second-order valence-corrected chi connectivity index (χ2v) is 6.26. The van der Waals surface area contributed by atoms with Crippen LogP contribution in [-0.4, -0.2) is 24.5 Å². The molecule has 2 aromatic carbocycles. The first kappa shape index (κ1) is 20.7. The predicted molar refractivity (Wildman–Crippen MR) is 109 cm³/mol. The number of imide groups is 1. The van der Waals surface area contributed by atoms with Crippen molar-refractivity contribution in [2.45, 2.75) is 13.1 Å². The van der Waals surface area contributed by atoms with E-state index in [1.54, 1.807) is 36.4 Å². The van der Waals surface area contributed by atoms with Crippen molar-refractivity contribution in [3.63, 3.8) is 0 Å². The lowest BCUT2D eigenvalue weighted by Gasteiger charge is -2.12. The summed E-state index contributed by atoms with van der Waals surface area (Å²) in [6.07, 6.45) is 1.49. The number of rotatable bonds is 8. The molecule has 3 N–H and O–H groups in total. The molecule has 0 aliphatic rings. The van der Waals surface area contributed by atoms with Gasteiger partial charge in [-0.3, -0.25) is 14.9 Å². The third-order valence-electron chi connectivity index (χ3n) is 4.04. The summed E-state index contributed by atoms with van der Waals surface area (Å²) in [7, 11) is 0. The zero-order chi connectivity index (χ0) is 21.2. The average molecular weight is 407 g/mol. The van der Waals surface area contributed by atoms with E-state index in [2.05, 4.69) is 16.0 Å². The molecule has 4 amide bonds. The van der Waals surface area contributed by atoms with Gasteiger partial charge in [0, 0.05) is 6.54 Å². The SMILES string of the molecule is O=C(COc1ccccc1C(=O)NCc1ccccc1)NC(=O)NCc1ccco1. The van der Waals surface area contributed by atoms with Gasteiger partial charge in [-0.15, -0.1) is 0 Å². The smallest absolute Gasteiger partial charge is 0.321 e. The maximum Gasteiger partial charge on any atom is 0.321 e. The van der Waals surface area contributed by atoms with Crippen LogP contribution in [0.5, 0.6) is 5.75 Å². The molecule has 0 unspecified atom stereocenters. The number of urea groups is 1. The minimum Gasteiger partial charge on any atom is -0.483 e. The molecule has 0 saturated carbocycles. The second-order valence-electron chi connectivity index (χ2n) is 6.26. The van der Waals surface area contributed by atoms with Crippen LogP contribution >= 0.6 is 0 Å². The Labute approximate surface area is 173 Å². The minimum absolute atomic E-state index is 0.150. The Bertz CT molecular complexity index is 987. The molecule has 0 radical (unpaired) electrons. The number of hydrogen-bond acceptors (Lipinski definition) is 5. The van der Waals surface area contributed by atoms with Gasteiger partial charge in [0.2, 0.25) is 0 Å². The highest BCUT2D eigenvalue weighted by molar-refractivity contribution is 5.97. The molecule has 8 heteroatoms. The van der Waals surface area contributed by atoms with Crippen LogP contribution in [0.4, 0.5) is 4.79 Å². The van der Waals surface area contributed by atoms with Gasteiger partial charge in [0.25, 0.3) is 11.8 Å². The van der Waals surface area contributed by atoms with Crippen molar-refractivity contribution in [2.24, 2.45) is 0 Å². The van der Waals surface area contributed by atoms with Crippen molar-refractivity contribution in [3.8, 4) is 5.75 Å². The Hall–Kier alpha value is -4.07. The van der Waals surface area contributed by atoms with Gasteiger partial charge >= 0.3 is 6.03 Å². The quantitative estimate of drug-likeness (QED) is 0.532. The number of amides is 4. The summed E-state index contributed by atoms with van der Waals surface area (Å²) in [5.41, 5.74) is 1.26. The summed E-state index contributed by atoms with van der Waals surface area (Å²) in [4.78, 5) is 36.2. The zero-order valence-electron chi connectivity index (χ0n) is 16.1. The van der Waals surface area contributed by atoms with E-state index in [0.717, 1.165) is 5.56 Å². The Balaban J connectivity index is 1.48. The van der Waals surface area contributed by atoms with Crippen LogP contribution in [0.25, 0.3) is 0 Å². The lowest BCUT2D eigenvalue weighted by atomic mass is 10.1. The van der Waals surface area contributed by atoms with E-state index in [0.29, 0.717) is 17.9 Å². The number of hydrogen-bond donors (Lipinski definition) is 3. The maximum atomic E-state index is 12.5. The molecule has 1 aromatic heterocycles. The molecule has 3 aromatic rings. The van der Waals surface area contributed by atoms with Crippen molar-refractivity contribution in [1.29, 1.82) is 0 Å². The molecule has 3 rings (SSSR count). The number of ether oxygens (including phenoxy) is 1. The molecule has 0 bridgehead atoms. The van der Waals surface area contributed by atoms with Crippen LogP contribution in [0.1, 0.15) is 21.7 Å². The van der Waals surface area contributed by atoms with Crippen LogP contribution in [0, 0.1) is 0 Å². The predicted octanol–water partition coefficient (Wildman–Crippen LogP) is 2.61. The normalized spacial score (nSPS) is 10.1. The van der Waals surface area contributed by atoms with Crippen LogP contribution < -0.4 is 20.7 Å². The van der Waals surface area contributed by atoms with Crippen LogP contribution in [0.15, 0.2) is 77.4 Å². The van der Waals surface area contributed by atoms with E-state index in [-0.39, 0.29) is 18.2 Å².